The molecule has 0 aromatic carbocycles. The van der Waals surface area contributed by atoms with E-state index in [1.165, 1.54) is 39.3 Å². The summed E-state index contributed by atoms with van der Waals surface area (Å²) in [7, 11) is 1.37. The van der Waals surface area contributed by atoms with Crippen LogP contribution in [0.5, 0.6) is 0 Å². The number of rotatable bonds is 9. The first-order valence-corrected chi connectivity index (χ1v) is 8.74. The van der Waals surface area contributed by atoms with Crippen LogP contribution < -0.4 is 0 Å². The lowest BCUT2D eigenvalue weighted by molar-refractivity contribution is -0.145. The molecule has 1 unspecified atom stereocenters. The summed E-state index contributed by atoms with van der Waals surface area (Å²) in [5.41, 5.74) is 0. The third-order valence-corrected chi connectivity index (χ3v) is 4.47. The van der Waals surface area contributed by atoms with Crippen molar-refractivity contribution in [1.29, 1.82) is 0 Å². The molecule has 0 radical (unpaired) electrons. The average Bonchev–Trinajstić information content (AvgIpc) is 3.29. The van der Waals surface area contributed by atoms with Crippen molar-refractivity contribution in [3.05, 3.63) is 24.2 Å². The fourth-order valence-electron chi connectivity index (χ4n) is 3.08. The van der Waals surface area contributed by atoms with Gasteiger partial charge in [-0.2, -0.15) is 0 Å². The summed E-state index contributed by atoms with van der Waals surface area (Å²) < 4.78 is 9.99. The van der Waals surface area contributed by atoms with Crippen LogP contribution in [0, 0.1) is 5.92 Å². The number of amides is 1. The highest BCUT2D eigenvalue weighted by Crippen LogP contribution is 2.12. The summed E-state index contributed by atoms with van der Waals surface area (Å²) >= 11 is 0. The second kappa shape index (κ2) is 9.47. The van der Waals surface area contributed by atoms with Gasteiger partial charge in [-0.3, -0.25) is 9.59 Å². The predicted octanol–water partition coefficient (Wildman–Crippen LogP) is 2.41. The highest BCUT2D eigenvalue weighted by molar-refractivity contribution is 5.91. The van der Waals surface area contributed by atoms with Gasteiger partial charge in [0.1, 0.15) is 0 Å². The predicted molar refractivity (Wildman–Crippen MR) is 90.7 cm³/mol. The second-order valence-corrected chi connectivity index (χ2v) is 6.41. The molecule has 2 heterocycles. The van der Waals surface area contributed by atoms with Gasteiger partial charge in [0.2, 0.25) is 0 Å². The number of ether oxygens (including phenoxy) is 1. The second-order valence-electron chi connectivity index (χ2n) is 6.41. The van der Waals surface area contributed by atoms with E-state index < -0.39 is 0 Å². The highest BCUT2D eigenvalue weighted by Gasteiger charge is 2.23. The van der Waals surface area contributed by atoms with E-state index in [9.17, 15) is 9.59 Å². The number of nitrogens with zero attached hydrogens (tertiary/aromatic N) is 2. The molecule has 0 spiro atoms. The maximum absolute atomic E-state index is 12.6. The summed E-state index contributed by atoms with van der Waals surface area (Å²) in [5.74, 6) is -0.514. The van der Waals surface area contributed by atoms with Gasteiger partial charge in [-0.15, -0.1) is 0 Å². The molecule has 2 rings (SSSR count). The number of likely N-dealkylation sites (tertiary alicyclic amines) is 1. The van der Waals surface area contributed by atoms with E-state index in [2.05, 4.69) is 4.90 Å². The molecule has 1 aliphatic heterocycles. The number of furan rings is 1. The molecule has 0 N–H and O–H groups in total. The number of hydrogen-bond acceptors (Lipinski definition) is 5. The zero-order chi connectivity index (χ0) is 17.4. The Morgan fingerprint density at radius 3 is 2.71 bits per heavy atom. The van der Waals surface area contributed by atoms with Crippen LogP contribution in [0.3, 0.4) is 0 Å². The van der Waals surface area contributed by atoms with Gasteiger partial charge < -0.3 is 19.0 Å². The summed E-state index contributed by atoms with van der Waals surface area (Å²) in [4.78, 5) is 28.4. The molecule has 1 aromatic heterocycles. The molecule has 1 aliphatic rings. The topological polar surface area (TPSA) is 63.0 Å². The first kappa shape index (κ1) is 18.5. The van der Waals surface area contributed by atoms with Gasteiger partial charge in [-0.05, 0) is 57.5 Å². The largest absolute Gasteiger partial charge is 0.469 e. The summed E-state index contributed by atoms with van der Waals surface area (Å²) in [6, 6.07) is 3.35. The molecule has 6 heteroatoms. The van der Waals surface area contributed by atoms with Crippen molar-refractivity contribution < 1.29 is 18.7 Å². The standard InChI is InChI=1S/C18H28N2O4/c1-15(18(22)23-2)14-20(17(21)16-8-7-13-24-16)12-6-5-11-19-9-3-4-10-19/h7-8,13,15H,3-6,9-12,14H2,1-2H3. The summed E-state index contributed by atoms with van der Waals surface area (Å²) in [6.07, 6.45) is 6.04. The van der Waals surface area contributed by atoms with Crippen LogP contribution in [0.2, 0.25) is 0 Å². The van der Waals surface area contributed by atoms with Crippen LogP contribution in [-0.2, 0) is 9.53 Å². The van der Waals surface area contributed by atoms with Crippen molar-refractivity contribution in [2.75, 3.05) is 39.8 Å². The lowest BCUT2D eigenvalue weighted by Crippen LogP contribution is -2.38. The number of esters is 1. The van der Waals surface area contributed by atoms with Gasteiger partial charge in [-0.1, -0.05) is 6.92 Å². The Balaban J connectivity index is 1.86. The summed E-state index contributed by atoms with van der Waals surface area (Å²) in [5, 5.41) is 0. The molecule has 6 nitrogen and oxygen atoms in total. The van der Waals surface area contributed by atoms with Crippen LogP contribution in [-0.4, -0.2) is 61.5 Å². The minimum absolute atomic E-state index is 0.170. The van der Waals surface area contributed by atoms with Gasteiger partial charge in [0.15, 0.2) is 5.76 Å². The monoisotopic (exact) mass is 336 g/mol. The van der Waals surface area contributed by atoms with Crippen molar-refractivity contribution in [3.8, 4) is 0 Å². The lowest BCUT2D eigenvalue weighted by atomic mass is 10.1. The zero-order valence-electron chi connectivity index (χ0n) is 14.7. The number of methoxy groups -OCH3 is 1. The van der Waals surface area contributed by atoms with Gasteiger partial charge in [-0.25, -0.2) is 0 Å². The Morgan fingerprint density at radius 1 is 1.33 bits per heavy atom. The Morgan fingerprint density at radius 2 is 2.08 bits per heavy atom. The van der Waals surface area contributed by atoms with Crippen molar-refractivity contribution in [2.45, 2.75) is 32.6 Å². The molecular formula is C18H28N2O4. The lowest BCUT2D eigenvalue weighted by Gasteiger charge is -2.24. The number of hydrogen-bond donors (Lipinski definition) is 0. The van der Waals surface area contributed by atoms with Crippen LogP contribution in [0.25, 0.3) is 0 Å². The molecular weight excluding hydrogens is 308 g/mol. The van der Waals surface area contributed by atoms with E-state index in [-0.39, 0.29) is 17.8 Å². The first-order valence-electron chi connectivity index (χ1n) is 8.74. The minimum Gasteiger partial charge on any atom is -0.469 e. The minimum atomic E-state index is -0.354. The quantitative estimate of drug-likeness (QED) is 0.512. The zero-order valence-corrected chi connectivity index (χ0v) is 14.7. The van der Waals surface area contributed by atoms with Crippen molar-refractivity contribution >= 4 is 11.9 Å². The molecule has 0 aliphatic carbocycles. The Bertz CT molecular complexity index is 509. The van der Waals surface area contributed by atoms with Gasteiger partial charge in [0.25, 0.3) is 5.91 Å². The van der Waals surface area contributed by atoms with E-state index in [1.807, 2.05) is 0 Å². The smallest absolute Gasteiger partial charge is 0.310 e. The van der Waals surface area contributed by atoms with Crippen molar-refractivity contribution in [3.63, 3.8) is 0 Å². The third-order valence-electron chi connectivity index (χ3n) is 4.47. The van der Waals surface area contributed by atoms with Crippen LogP contribution >= 0.6 is 0 Å². The van der Waals surface area contributed by atoms with Gasteiger partial charge >= 0.3 is 5.97 Å². The normalized spacial score (nSPS) is 16.1. The van der Waals surface area contributed by atoms with Crippen LogP contribution in [0.1, 0.15) is 43.2 Å². The molecule has 1 saturated heterocycles. The van der Waals surface area contributed by atoms with Crippen molar-refractivity contribution in [2.24, 2.45) is 5.92 Å². The molecule has 1 fully saturated rings. The Labute approximate surface area is 143 Å². The number of carbonyl (C=O) groups is 2. The third kappa shape index (κ3) is 5.37. The van der Waals surface area contributed by atoms with Crippen molar-refractivity contribution in [1.82, 2.24) is 9.80 Å². The maximum atomic E-state index is 12.6. The van der Waals surface area contributed by atoms with E-state index in [4.69, 9.17) is 9.15 Å². The molecule has 24 heavy (non-hydrogen) atoms. The molecule has 1 aromatic rings. The molecule has 0 saturated carbocycles. The Hall–Kier alpha value is -1.82. The van der Waals surface area contributed by atoms with E-state index >= 15 is 0 Å². The molecule has 1 amide bonds. The first-order chi connectivity index (χ1) is 11.6. The van der Waals surface area contributed by atoms with Crippen LogP contribution in [0.15, 0.2) is 22.8 Å². The highest BCUT2D eigenvalue weighted by atomic mass is 16.5. The maximum Gasteiger partial charge on any atom is 0.310 e. The Kier molecular flexibility index (Phi) is 7.31. The molecule has 134 valence electrons. The van der Waals surface area contributed by atoms with E-state index in [0.29, 0.717) is 18.8 Å². The average molecular weight is 336 g/mol. The van der Waals surface area contributed by atoms with Crippen LogP contribution in [0.4, 0.5) is 0 Å². The van der Waals surface area contributed by atoms with E-state index in [1.54, 1.807) is 24.0 Å². The number of carbonyl (C=O) groups excluding carboxylic acids is 2. The SMILES string of the molecule is COC(=O)C(C)CN(CCCCN1CCCC1)C(=O)c1ccco1. The van der Waals surface area contributed by atoms with Gasteiger partial charge in [0, 0.05) is 13.1 Å². The molecule has 1 atom stereocenters. The fourth-order valence-corrected chi connectivity index (χ4v) is 3.08. The van der Waals surface area contributed by atoms with E-state index in [0.717, 1.165) is 19.4 Å². The summed E-state index contributed by atoms with van der Waals surface area (Å²) in [6.45, 7) is 6.20. The molecule has 0 bridgehead atoms. The fraction of sp³-hybridized carbons (Fsp3) is 0.667. The van der Waals surface area contributed by atoms with Gasteiger partial charge in [0.05, 0.1) is 19.3 Å². The number of unbranched alkanes of at least 4 members (excludes halogenated alkanes) is 1.